The van der Waals surface area contributed by atoms with E-state index in [1.54, 1.807) is 0 Å². The molecule has 2 rings (SSSR count). The molecule has 18 heavy (non-hydrogen) atoms. The van der Waals surface area contributed by atoms with E-state index in [-0.39, 0.29) is 5.57 Å². The third-order valence-corrected chi connectivity index (χ3v) is 4.77. The second kappa shape index (κ2) is 5.98. The average Bonchev–Trinajstić information content (AvgIpc) is 2.80. The molecule has 1 aromatic carbocycles. The molecule has 0 radical (unpaired) electrons. The van der Waals surface area contributed by atoms with Crippen molar-refractivity contribution >= 4 is 29.5 Å². The predicted octanol–water partition coefficient (Wildman–Crippen LogP) is 3.57. The van der Waals surface area contributed by atoms with Crippen LogP contribution in [0, 0.1) is 11.3 Å². The van der Waals surface area contributed by atoms with Gasteiger partial charge in [-0.2, -0.15) is 5.26 Å². The highest BCUT2D eigenvalue weighted by atomic mass is 32.2. The fourth-order valence-corrected chi connectivity index (χ4v) is 3.83. The van der Waals surface area contributed by atoms with Crippen LogP contribution in [-0.4, -0.2) is 12.6 Å². The molecule has 92 valence electrons. The quantitative estimate of drug-likeness (QED) is 0.480. The highest BCUT2D eigenvalue weighted by molar-refractivity contribution is 8.24. The van der Waals surface area contributed by atoms with E-state index in [1.807, 2.05) is 37.3 Å². The van der Waals surface area contributed by atoms with E-state index in [0.29, 0.717) is 10.8 Å². The normalized spacial score (nSPS) is 12.8. The van der Waals surface area contributed by atoms with Gasteiger partial charge in [0, 0.05) is 9.79 Å². The minimum Gasteiger partial charge on any atom is -0.462 e. The van der Waals surface area contributed by atoms with Crippen LogP contribution in [0.2, 0.25) is 0 Å². The van der Waals surface area contributed by atoms with Gasteiger partial charge >= 0.3 is 5.97 Å². The maximum Gasteiger partial charge on any atom is 0.350 e. The van der Waals surface area contributed by atoms with Crippen LogP contribution < -0.4 is 0 Å². The monoisotopic (exact) mass is 277 g/mol. The molecule has 0 saturated heterocycles. The van der Waals surface area contributed by atoms with Crippen LogP contribution in [0.15, 0.2) is 43.9 Å². The zero-order valence-electron chi connectivity index (χ0n) is 9.80. The Labute approximate surface area is 114 Å². The number of esters is 1. The molecule has 0 bridgehead atoms. The maximum atomic E-state index is 11.7. The Bertz CT molecular complexity index is 519. The van der Waals surface area contributed by atoms with E-state index < -0.39 is 5.97 Å². The lowest BCUT2D eigenvalue weighted by Crippen LogP contribution is -2.08. The molecule has 3 nitrogen and oxygen atoms in total. The maximum absolute atomic E-state index is 11.7. The molecule has 0 amide bonds. The largest absolute Gasteiger partial charge is 0.462 e. The van der Waals surface area contributed by atoms with Crippen LogP contribution in [0.1, 0.15) is 13.3 Å². The molecule has 5 heteroatoms. The zero-order valence-corrected chi connectivity index (χ0v) is 11.4. The Morgan fingerprint density at radius 1 is 1.33 bits per heavy atom. The van der Waals surface area contributed by atoms with Crippen molar-refractivity contribution < 1.29 is 9.53 Å². The molecule has 1 heterocycles. The Kier molecular flexibility index (Phi) is 4.34. The number of thioether (sulfide) groups is 2. The summed E-state index contributed by atoms with van der Waals surface area (Å²) in [7, 11) is 0. The van der Waals surface area contributed by atoms with Gasteiger partial charge in [-0.15, -0.1) is 0 Å². The van der Waals surface area contributed by atoms with Gasteiger partial charge in [0.2, 0.25) is 0 Å². The van der Waals surface area contributed by atoms with Crippen LogP contribution in [-0.2, 0) is 9.53 Å². The Hall–Kier alpha value is -1.38. The number of carbonyl (C=O) groups excluding carboxylic acids is 1. The molecule has 1 aliphatic rings. The summed E-state index contributed by atoms with van der Waals surface area (Å²) in [6.07, 6.45) is 0.750. The topological polar surface area (TPSA) is 50.1 Å². The number of nitriles is 1. The third kappa shape index (κ3) is 2.71. The molecule has 1 aliphatic heterocycles. The lowest BCUT2D eigenvalue weighted by atomic mass is 10.3. The van der Waals surface area contributed by atoms with Gasteiger partial charge < -0.3 is 4.74 Å². The zero-order chi connectivity index (χ0) is 13.0. The molecular weight excluding hydrogens is 266 g/mol. The van der Waals surface area contributed by atoms with Crippen molar-refractivity contribution in [3.63, 3.8) is 0 Å². The minimum absolute atomic E-state index is 0.106. The highest BCUT2D eigenvalue weighted by Crippen LogP contribution is 2.51. The molecule has 0 spiro atoms. The second-order valence-electron chi connectivity index (χ2n) is 3.56. The van der Waals surface area contributed by atoms with E-state index in [0.717, 1.165) is 16.2 Å². The van der Waals surface area contributed by atoms with Gasteiger partial charge in [0.1, 0.15) is 6.07 Å². The van der Waals surface area contributed by atoms with Gasteiger partial charge in [-0.3, -0.25) is 0 Å². The summed E-state index contributed by atoms with van der Waals surface area (Å²) in [6.45, 7) is 2.26. The Morgan fingerprint density at radius 2 is 1.94 bits per heavy atom. The third-order valence-electron chi connectivity index (χ3n) is 2.21. The first-order chi connectivity index (χ1) is 8.76. The van der Waals surface area contributed by atoms with E-state index in [1.165, 1.54) is 23.5 Å². The molecular formula is C13H11NO2S2. The Balaban J connectivity index is 2.22. The number of hydrogen-bond donors (Lipinski definition) is 0. The summed E-state index contributed by atoms with van der Waals surface area (Å²) >= 11 is 2.90. The summed E-state index contributed by atoms with van der Waals surface area (Å²) in [5.74, 6) is -0.526. The first-order valence-corrected chi connectivity index (χ1v) is 7.15. The molecule has 0 saturated carbocycles. The molecule has 1 aromatic rings. The van der Waals surface area contributed by atoms with Crippen molar-refractivity contribution in [2.24, 2.45) is 0 Å². The summed E-state index contributed by atoms with van der Waals surface area (Å²) in [4.78, 5) is 13.9. The highest BCUT2D eigenvalue weighted by Gasteiger charge is 2.25. The van der Waals surface area contributed by atoms with Crippen molar-refractivity contribution in [3.05, 3.63) is 34.1 Å². The average molecular weight is 277 g/mol. The van der Waals surface area contributed by atoms with Gasteiger partial charge in [0.25, 0.3) is 0 Å². The fourth-order valence-electron chi connectivity index (χ4n) is 1.38. The summed E-state index contributed by atoms with van der Waals surface area (Å²) in [5.41, 5.74) is 0.106. The lowest BCUT2D eigenvalue weighted by molar-refractivity contribution is -0.138. The fraction of sp³-hybridized carbons (Fsp3) is 0.231. The first-order valence-electron chi connectivity index (χ1n) is 5.52. The molecule has 0 atom stereocenters. The number of hydrogen-bond acceptors (Lipinski definition) is 5. The lowest BCUT2D eigenvalue weighted by Gasteiger charge is -2.02. The smallest absolute Gasteiger partial charge is 0.350 e. The van der Waals surface area contributed by atoms with Crippen LogP contribution in [0.5, 0.6) is 0 Å². The summed E-state index contributed by atoms with van der Waals surface area (Å²) in [5, 5.41) is 9.10. The number of rotatable bonds is 3. The molecule has 0 aromatic heterocycles. The molecule has 0 fully saturated rings. The predicted molar refractivity (Wildman–Crippen MR) is 72.0 cm³/mol. The van der Waals surface area contributed by atoms with Crippen molar-refractivity contribution in [2.45, 2.75) is 23.1 Å². The van der Waals surface area contributed by atoms with Gasteiger partial charge in [0.05, 0.1) is 10.8 Å². The molecule has 0 N–H and O–H groups in total. The van der Waals surface area contributed by atoms with Crippen LogP contribution in [0.3, 0.4) is 0 Å². The van der Waals surface area contributed by atoms with Crippen LogP contribution >= 0.6 is 23.5 Å². The first kappa shape index (κ1) is 13.1. The molecule has 0 unspecified atom stereocenters. The van der Waals surface area contributed by atoms with Crippen molar-refractivity contribution in [1.82, 2.24) is 0 Å². The van der Waals surface area contributed by atoms with Crippen LogP contribution in [0.25, 0.3) is 0 Å². The number of nitrogens with zero attached hydrogens (tertiary/aromatic N) is 1. The van der Waals surface area contributed by atoms with Gasteiger partial charge in [0.15, 0.2) is 5.57 Å². The van der Waals surface area contributed by atoms with Crippen molar-refractivity contribution in [2.75, 3.05) is 6.61 Å². The number of ether oxygens (including phenoxy) is 1. The van der Waals surface area contributed by atoms with Crippen molar-refractivity contribution in [1.29, 1.82) is 5.26 Å². The van der Waals surface area contributed by atoms with E-state index in [2.05, 4.69) is 0 Å². The number of benzene rings is 1. The summed E-state index contributed by atoms with van der Waals surface area (Å²) in [6, 6.07) is 9.79. The van der Waals surface area contributed by atoms with E-state index in [9.17, 15) is 4.79 Å². The second-order valence-corrected chi connectivity index (χ2v) is 5.92. The summed E-state index contributed by atoms with van der Waals surface area (Å²) < 4.78 is 5.72. The van der Waals surface area contributed by atoms with Gasteiger partial charge in [-0.05, 0) is 18.6 Å². The van der Waals surface area contributed by atoms with Gasteiger partial charge in [-0.25, -0.2) is 4.79 Å². The van der Waals surface area contributed by atoms with Crippen molar-refractivity contribution in [3.8, 4) is 6.07 Å². The minimum atomic E-state index is -0.526. The standard InChI is InChI=1S/C13H11NO2S2/c1-2-7-16-12(15)9(8-14)13-17-10-5-3-4-6-11(10)18-13/h3-6H,2,7H2,1H3. The van der Waals surface area contributed by atoms with Crippen LogP contribution in [0.4, 0.5) is 0 Å². The Morgan fingerprint density at radius 3 is 2.44 bits per heavy atom. The van der Waals surface area contributed by atoms with E-state index >= 15 is 0 Å². The molecule has 0 aliphatic carbocycles. The van der Waals surface area contributed by atoms with E-state index in [4.69, 9.17) is 10.00 Å². The van der Waals surface area contributed by atoms with Gasteiger partial charge in [-0.1, -0.05) is 42.6 Å². The number of fused-ring (bicyclic) bond motifs is 1. The number of carbonyl (C=O) groups is 1. The SMILES string of the molecule is CCCOC(=O)C(C#N)=C1Sc2ccccc2S1.